The second-order valence-corrected chi connectivity index (χ2v) is 3.14. The molecule has 0 saturated carbocycles. The molecule has 1 unspecified atom stereocenters. The normalized spacial score (nSPS) is 16.2. The number of aliphatic imine (C=N–C) groups is 1. The largest absolute Gasteiger partial charge is 0.481 e. The predicted octanol–water partition coefficient (Wildman–Crippen LogP) is 0.706. The third-order valence-corrected chi connectivity index (χ3v) is 1.74. The van der Waals surface area contributed by atoms with Crippen molar-refractivity contribution in [2.75, 3.05) is 13.1 Å². The SMILES string of the molecule is C=CCC1=NCCN1C(C)O.CC(=O)O. The van der Waals surface area contributed by atoms with Crippen molar-refractivity contribution in [2.24, 2.45) is 4.99 Å². The quantitative estimate of drug-likeness (QED) is 0.678. The molecule has 15 heavy (non-hydrogen) atoms. The molecule has 0 aromatic carbocycles. The molecule has 2 N–H and O–H groups in total. The highest BCUT2D eigenvalue weighted by atomic mass is 16.4. The number of carboxylic acid groups (broad SMARTS) is 1. The summed E-state index contributed by atoms with van der Waals surface area (Å²) in [7, 11) is 0. The zero-order chi connectivity index (χ0) is 11.8. The lowest BCUT2D eigenvalue weighted by Crippen LogP contribution is -2.35. The molecule has 1 rings (SSSR count). The van der Waals surface area contributed by atoms with Gasteiger partial charge in [0.15, 0.2) is 0 Å². The summed E-state index contributed by atoms with van der Waals surface area (Å²) in [5, 5.41) is 16.7. The van der Waals surface area contributed by atoms with E-state index in [1.807, 2.05) is 4.90 Å². The van der Waals surface area contributed by atoms with Gasteiger partial charge in [-0.2, -0.15) is 0 Å². The topological polar surface area (TPSA) is 73.1 Å². The van der Waals surface area contributed by atoms with Crippen LogP contribution >= 0.6 is 0 Å². The molecule has 0 fully saturated rings. The summed E-state index contributed by atoms with van der Waals surface area (Å²) >= 11 is 0. The van der Waals surface area contributed by atoms with Gasteiger partial charge in [0.1, 0.15) is 12.1 Å². The van der Waals surface area contributed by atoms with E-state index in [0.29, 0.717) is 0 Å². The van der Waals surface area contributed by atoms with Crippen molar-refractivity contribution in [3.8, 4) is 0 Å². The first-order valence-electron chi connectivity index (χ1n) is 4.77. The van der Waals surface area contributed by atoms with Crippen LogP contribution in [0, 0.1) is 0 Å². The number of rotatable bonds is 3. The minimum atomic E-state index is -0.833. The van der Waals surface area contributed by atoms with Gasteiger partial charge >= 0.3 is 0 Å². The summed E-state index contributed by atoms with van der Waals surface area (Å²) < 4.78 is 0. The zero-order valence-corrected chi connectivity index (χ0v) is 9.18. The molecular weight excluding hydrogens is 196 g/mol. The molecule has 0 saturated heterocycles. The molecule has 0 bridgehead atoms. The minimum absolute atomic E-state index is 0.420. The van der Waals surface area contributed by atoms with Crippen molar-refractivity contribution >= 4 is 11.8 Å². The van der Waals surface area contributed by atoms with Gasteiger partial charge in [-0.05, 0) is 6.92 Å². The number of hydrogen-bond donors (Lipinski definition) is 2. The summed E-state index contributed by atoms with van der Waals surface area (Å²) in [5.41, 5.74) is 0. The van der Waals surface area contributed by atoms with Gasteiger partial charge in [0.25, 0.3) is 5.97 Å². The number of nitrogens with zero attached hydrogens (tertiary/aromatic N) is 2. The molecule has 1 aliphatic heterocycles. The van der Waals surface area contributed by atoms with Crippen molar-refractivity contribution < 1.29 is 15.0 Å². The van der Waals surface area contributed by atoms with Crippen molar-refractivity contribution in [3.63, 3.8) is 0 Å². The van der Waals surface area contributed by atoms with E-state index in [1.165, 1.54) is 0 Å². The third-order valence-electron chi connectivity index (χ3n) is 1.74. The Morgan fingerprint density at radius 3 is 2.73 bits per heavy atom. The van der Waals surface area contributed by atoms with Gasteiger partial charge in [-0.25, -0.2) is 0 Å². The van der Waals surface area contributed by atoms with Crippen LogP contribution in [0.5, 0.6) is 0 Å². The maximum atomic E-state index is 9.26. The van der Waals surface area contributed by atoms with Crippen LogP contribution in [-0.2, 0) is 4.79 Å². The number of aliphatic carboxylic acids is 1. The van der Waals surface area contributed by atoms with E-state index in [4.69, 9.17) is 9.90 Å². The molecule has 1 aliphatic rings. The maximum absolute atomic E-state index is 9.26. The summed E-state index contributed by atoms with van der Waals surface area (Å²) in [6.45, 7) is 8.10. The molecule has 0 aromatic heterocycles. The van der Waals surface area contributed by atoms with Crippen molar-refractivity contribution in [1.82, 2.24) is 4.90 Å². The Bertz CT molecular complexity index is 245. The lowest BCUT2D eigenvalue weighted by Gasteiger charge is -2.22. The van der Waals surface area contributed by atoms with Gasteiger partial charge in [-0.15, -0.1) is 6.58 Å². The van der Waals surface area contributed by atoms with Gasteiger partial charge in [-0.1, -0.05) is 6.08 Å². The highest BCUT2D eigenvalue weighted by molar-refractivity contribution is 5.85. The van der Waals surface area contributed by atoms with Gasteiger partial charge in [0, 0.05) is 19.9 Å². The second kappa shape index (κ2) is 7.00. The summed E-state index contributed by atoms with van der Waals surface area (Å²) in [5.74, 6) is 0.120. The molecule has 0 amide bonds. The van der Waals surface area contributed by atoms with Crippen LogP contribution in [0.25, 0.3) is 0 Å². The minimum Gasteiger partial charge on any atom is -0.481 e. The molecule has 5 nitrogen and oxygen atoms in total. The number of aliphatic hydroxyl groups excluding tert-OH is 1. The fourth-order valence-corrected chi connectivity index (χ4v) is 1.22. The monoisotopic (exact) mass is 214 g/mol. The van der Waals surface area contributed by atoms with Crippen molar-refractivity contribution in [2.45, 2.75) is 26.5 Å². The highest BCUT2D eigenvalue weighted by Gasteiger charge is 2.18. The van der Waals surface area contributed by atoms with Crippen LogP contribution < -0.4 is 0 Å². The van der Waals surface area contributed by atoms with Crippen LogP contribution in [0.2, 0.25) is 0 Å². The maximum Gasteiger partial charge on any atom is 0.300 e. The molecule has 0 aliphatic carbocycles. The van der Waals surface area contributed by atoms with E-state index in [-0.39, 0.29) is 0 Å². The van der Waals surface area contributed by atoms with Gasteiger partial charge in [-0.3, -0.25) is 9.79 Å². The molecular formula is C10H18N2O3. The Morgan fingerprint density at radius 1 is 1.80 bits per heavy atom. The average molecular weight is 214 g/mol. The van der Waals surface area contributed by atoms with Gasteiger partial charge < -0.3 is 15.1 Å². The van der Waals surface area contributed by atoms with E-state index in [1.54, 1.807) is 13.0 Å². The number of hydrogen-bond acceptors (Lipinski definition) is 4. The third kappa shape index (κ3) is 5.85. The highest BCUT2D eigenvalue weighted by Crippen LogP contribution is 2.07. The van der Waals surface area contributed by atoms with E-state index in [2.05, 4.69) is 11.6 Å². The molecule has 0 spiro atoms. The Labute approximate surface area is 89.7 Å². The first kappa shape index (κ1) is 13.6. The fraction of sp³-hybridized carbons (Fsp3) is 0.600. The van der Waals surface area contributed by atoms with Crippen molar-refractivity contribution in [1.29, 1.82) is 0 Å². The number of amidine groups is 1. The first-order valence-corrected chi connectivity index (χ1v) is 4.77. The predicted molar refractivity (Wildman–Crippen MR) is 58.8 cm³/mol. The van der Waals surface area contributed by atoms with Crippen molar-refractivity contribution in [3.05, 3.63) is 12.7 Å². The van der Waals surface area contributed by atoms with E-state index in [0.717, 1.165) is 32.3 Å². The average Bonchev–Trinajstić information content (AvgIpc) is 2.51. The van der Waals surface area contributed by atoms with Crippen LogP contribution in [-0.4, -0.2) is 46.2 Å². The summed E-state index contributed by atoms with van der Waals surface area (Å²) in [6.07, 6.45) is 2.14. The van der Waals surface area contributed by atoms with Crippen LogP contribution in [0.4, 0.5) is 0 Å². The molecule has 1 atom stereocenters. The smallest absolute Gasteiger partial charge is 0.300 e. The fourth-order valence-electron chi connectivity index (χ4n) is 1.22. The molecule has 5 heteroatoms. The van der Waals surface area contributed by atoms with Gasteiger partial charge in [0.05, 0.1) is 6.54 Å². The standard InChI is InChI=1S/C8H14N2O.C2H4O2/c1-3-4-8-9-5-6-10(8)7(2)11;1-2(3)4/h3,7,11H,1,4-6H2,2H3;1H3,(H,3,4). The Morgan fingerprint density at radius 2 is 2.33 bits per heavy atom. The Hall–Kier alpha value is -1.36. The first-order chi connectivity index (χ1) is 6.99. The van der Waals surface area contributed by atoms with E-state index in [9.17, 15) is 5.11 Å². The molecule has 0 aromatic rings. The Balaban J connectivity index is 0.000000423. The molecule has 1 heterocycles. The van der Waals surface area contributed by atoms with Gasteiger partial charge in [0.2, 0.25) is 0 Å². The lowest BCUT2D eigenvalue weighted by molar-refractivity contribution is -0.134. The molecule has 0 radical (unpaired) electrons. The second-order valence-electron chi connectivity index (χ2n) is 3.14. The van der Waals surface area contributed by atoms with E-state index >= 15 is 0 Å². The summed E-state index contributed by atoms with van der Waals surface area (Å²) in [6, 6.07) is 0. The number of carboxylic acids is 1. The molecule has 86 valence electrons. The Kier molecular flexibility index (Phi) is 6.37. The van der Waals surface area contributed by atoms with Crippen LogP contribution in [0.1, 0.15) is 20.3 Å². The number of aliphatic hydroxyl groups is 1. The lowest BCUT2D eigenvalue weighted by atomic mass is 10.3. The zero-order valence-electron chi connectivity index (χ0n) is 9.18. The van der Waals surface area contributed by atoms with Crippen LogP contribution in [0.3, 0.4) is 0 Å². The summed E-state index contributed by atoms with van der Waals surface area (Å²) in [4.78, 5) is 15.1. The number of carbonyl (C=O) groups is 1. The van der Waals surface area contributed by atoms with Crippen LogP contribution in [0.15, 0.2) is 17.6 Å². The van der Waals surface area contributed by atoms with E-state index < -0.39 is 12.2 Å².